The van der Waals surface area contributed by atoms with Gasteiger partial charge in [0, 0.05) is 21.8 Å². The number of amides is 1. The fraction of sp³-hybridized carbons (Fsp3) is 0.250. The topological polar surface area (TPSA) is 77.6 Å². The van der Waals surface area contributed by atoms with Gasteiger partial charge in [-0.2, -0.15) is 5.10 Å². The second-order valence-electron chi connectivity index (χ2n) is 5.52. The molecule has 3 aromatic rings. The fourth-order valence-electron chi connectivity index (χ4n) is 2.44. The summed E-state index contributed by atoms with van der Waals surface area (Å²) in [5, 5.41) is 12.2. The smallest absolute Gasteiger partial charge is 0.251 e. The fourth-order valence-corrected chi connectivity index (χ4v) is 3.26. The van der Waals surface area contributed by atoms with Crippen molar-refractivity contribution < 1.29 is 4.79 Å². The molecule has 2 heterocycles. The second-order valence-corrected chi connectivity index (χ2v) is 7.25. The molecule has 0 bridgehead atoms. The van der Waals surface area contributed by atoms with E-state index in [9.17, 15) is 4.79 Å². The van der Waals surface area contributed by atoms with Gasteiger partial charge in [-0.1, -0.05) is 36.2 Å². The van der Waals surface area contributed by atoms with Crippen molar-refractivity contribution in [2.75, 3.05) is 5.32 Å². The molecule has 1 aromatic carbocycles. The summed E-state index contributed by atoms with van der Waals surface area (Å²) >= 11 is 15.7. The number of nitrogens with zero attached hydrogens (tertiary/aromatic N) is 5. The van der Waals surface area contributed by atoms with E-state index < -0.39 is 6.04 Å². The van der Waals surface area contributed by atoms with Crippen LogP contribution >= 0.6 is 39.1 Å². The molecule has 1 unspecified atom stereocenters. The lowest BCUT2D eigenvalue weighted by atomic mass is 10.2. The van der Waals surface area contributed by atoms with Gasteiger partial charge in [0.1, 0.15) is 12.4 Å². The maximum absolute atomic E-state index is 12.5. The van der Waals surface area contributed by atoms with Crippen molar-refractivity contribution in [1.82, 2.24) is 24.5 Å². The first kappa shape index (κ1) is 18.9. The molecule has 0 aliphatic carbocycles. The first-order valence-corrected chi connectivity index (χ1v) is 9.35. The lowest BCUT2D eigenvalue weighted by Gasteiger charge is -2.13. The number of rotatable bonds is 6. The summed E-state index contributed by atoms with van der Waals surface area (Å²) in [5.41, 5.74) is 0.742. The van der Waals surface area contributed by atoms with E-state index >= 15 is 0 Å². The average molecular weight is 458 g/mol. The van der Waals surface area contributed by atoms with Gasteiger partial charge in [0.2, 0.25) is 5.95 Å². The SMILES string of the molecule is CCC(C(=O)Nc1ncn(Cc2c(Cl)cccc2Cl)n1)n1cc(Br)cn1. The van der Waals surface area contributed by atoms with Crippen LogP contribution in [-0.4, -0.2) is 30.5 Å². The third kappa shape index (κ3) is 4.25. The maximum Gasteiger partial charge on any atom is 0.251 e. The molecule has 0 aliphatic rings. The van der Waals surface area contributed by atoms with E-state index in [4.69, 9.17) is 23.2 Å². The second kappa shape index (κ2) is 8.20. The van der Waals surface area contributed by atoms with Gasteiger partial charge in [0.05, 0.1) is 17.2 Å². The van der Waals surface area contributed by atoms with E-state index in [-0.39, 0.29) is 11.9 Å². The highest BCUT2D eigenvalue weighted by atomic mass is 79.9. The predicted octanol–water partition coefficient (Wildman–Crippen LogP) is 4.18. The number of hydrogen-bond donors (Lipinski definition) is 1. The normalized spacial score (nSPS) is 12.2. The lowest BCUT2D eigenvalue weighted by Crippen LogP contribution is -2.26. The summed E-state index contributed by atoms with van der Waals surface area (Å²) in [6.45, 7) is 2.26. The number of hydrogen-bond acceptors (Lipinski definition) is 4. The van der Waals surface area contributed by atoms with Crippen LogP contribution in [-0.2, 0) is 11.3 Å². The van der Waals surface area contributed by atoms with E-state index in [0.29, 0.717) is 23.0 Å². The maximum atomic E-state index is 12.5. The minimum absolute atomic E-state index is 0.211. The highest BCUT2D eigenvalue weighted by Crippen LogP contribution is 2.25. The summed E-state index contributed by atoms with van der Waals surface area (Å²) in [6, 6.07) is 4.85. The van der Waals surface area contributed by atoms with Gasteiger partial charge in [0.25, 0.3) is 5.91 Å². The number of carbonyl (C=O) groups excluding carboxylic acids is 1. The molecule has 0 saturated heterocycles. The van der Waals surface area contributed by atoms with E-state index in [2.05, 4.69) is 36.4 Å². The van der Waals surface area contributed by atoms with Crippen LogP contribution in [0.1, 0.15) is 24.9 Å². The third-order valence-corrected chi connectivity index (χ3v) is 4.85. The molecule has 0 spiro atoms. The Hall–Kier alpha value is -1.90. The van der Waals surface area contributed by atoms with Crippen LogP contribution in [0.15, 0.2) is 41.4 Å². The van der Waals surface area contributed by atoms with E-state index in [1.807, 2.05) is 6.92 Å². The van der Waals surface area contributed by atoms with Crippen molar-refractivity contribution in [1.29, 1.82) is 0 Å². The zero-order valence-corrected chi connectivity index (χ0v) is 16.8. The van der Waals surface area contributed by atoms with E-state index in [1.54, 1.807) is 40.0 Å². The van der Waals surface area contributed by atoms with Crippen LogP contribution in [0.2, 0.25) is 10.0 Å². The molecule has 26 heavy (non-hydrogen) atoms. The number of aromatic nitrogens is 5. The first-order chi connectivity index (χ1) is 12.5. The van der Waals surface area contributed by atoms with Crippen LogP contribution in [0.25, 0.3) is 0 Å². The van der Waals surface area contributed by atoms with Crippen LogP contribution in [0.5, 0.6) is 0 Å². The molecule has 0 aliphatic heterocycles. The molecule has 0 saturated carbocycles. The van der Waals surface area contributed by atoms with Crippen molar-refractivity contribution in [3.05, 3.63) is 57.0 Å². The molecule has 3 rings (SSSR count). The Balaban J connectivity index is 1.71. The summed E-state index contributed by atoms with van der Waals surface area (Å²) in [4.78, 5) is 16.6. The largest absolute Gasteiger partial charge is 0.291 e. The molecule has 136 valence electrons. The predicted molar refractivity (Wildman–Crippen MR) is 103 cm³/mol. The Labute approximate surface area is 168 Å². The Morgan fingerprint density at radius 2 is 2.08 bits per heavy atom. The van der Waals surface area contributed by atoms with Crippen molar-refractivity contribution in [2.24, 2.45) is 0 Å². The number of nitrogens with one attached hydrogen (secondary N) is 1. The van der Waals surface area contributed by atoms with Gasteiger partial charge in [-0.3, -0.25) is 14.8 Å². The van der Waals surface area contributed by atoms with E-state index in [0.717, 1.165) is 10.0 Å². The average Bonchev–Trinajstić information content (AvgIpc) is 3.21. The van der Waals surface area contributed by atoms with Crippen LogP contribution in [0, 0.1) is 0 Å². The quantitative estimate of drug-likeness (QED) is 0.602. The van der Waals surface area contributed by atoms with Gasteiger partial charge in [0.15, 0.2) is 0 Å². The van der Waals surface area contributed by atoms with Gasteiger partial charge < -0.3 is 0 Å². The van der Waals surface area contributed by atoms with Crippen molar-refractivity contribution in [3.63, 3.8) is 0 Å². The lowest BCUT2D eigenvalue weighted by molar-refractivity contribution is -0.119. The van der Waals surface area contributed by atoms with E-state index in [1.165, 1.54) is 6.33 Å². The zero-order chi connectivity index (χ0) is 18.7. The first-order valence-electron chi connectivity index (χ1n) is 7.80. The van der Waals surface area contributed by atoms with Crippen molar-refractivity contribution in [3.8, 4) is 0 Å². The molecule has 7 nitrogen and oxygen atoms in total. The Bertz CT molecular complexity index is 905. The summed E-state index contributed by atoms with van der Waals surface area (Å²) in [7, 11) is 0. The van der Waals surface area contributed by atoms with Gasteiger partial charge in [-0.25, -0.2) is 9.67 Å². The highest BCUT2D eigenvalue weighted by molar-refractivity contribution is 9.10. The molecular formula is C16H15BrCl2N6O. The summed E-state index contributed by atoms with van der Waals surface area (Å²) in [6.07, 6.45) is 5.48. The molecule has 1 atom stereocenters. The Morgan fingerprint density at radius 1 is 1.35 bits per heavy atom. The molecule has 2 aromatic heterocycles. The minimum atomic E-state index is -0.453. The van der Waals surface area contributed by atoms with Crippen LogP contribution in [0.3, 0.4) is 0 Å². The Morgan fingerprint density at radius 3 is 2.69 bits per heavy atom. The van der Waals surface area contributed by atoms with Gasteiger partial charge in [-0.05, 0) is 34.5 Å². The van der Waals surface area contributed by atoms with Crippen molar-refractivity contribution >= 4 is 51.0 Å². The standard InChI is InChI=1S/C16H15BrCl2N6O/c1-2-14(25-7-10(17)6-21-25)15(26)22-16-20-9-24(23-16)8-11-12(18)4-3-5-13(11)19/h3-7,9,14H,2,8H2,1H3,(H,22,23,26). The number of halogens is 3. The highest BCUT2D eigenvalue weighted by Gasteiger charge is 2.21. The molecule has 1 amide bonds. The number of benzene rings is 1. The molecule has 0 radical (unpaired) electrons. The third-order valence-electron chi connectivity index (χ3n) is 3.73. The van der Waals surface area contributed by atoms with Crippen molar-refractivity contribution in [2.45, 2.75) is 25.9 Å². The summed E-state index contributed by atoms with van der Waals surface area (Å²) in [5.74, 6) is -0.0283. The van der Waals surface area contributed by atoms with Crippen LogP contribution < -0.4 is 5.32 Å². The molecule has 10 heteroatoms. The van der Waals surface area contributed by atoms with Crippen LogP contribution in [0.4, 0.5) is 5.95 Å². The minimum Gasteiger partial charge on any atom is -0.291 e. The zero-order valence-electron chi connectivity index (χ0n) is 13.7. The van der Waals surface area contributed by atoms with Gasteiger partial charge >= 0.3 is 0 Å². The number of anilines is 1. The molecule has 1 N–H and O–H groups in total. The molecular weight excluding hydrogens is 443 g/mol. The molecule has 0 fully saturated rings. The number of carbonyl (C=O) groups is 1. The van der Waals surface area contributed by atoms with Gasteiger partial charge in [-0.15, -0.1) is 5.10 Å². The summed E-state index contributed by atoms with van der Waals surface area (Å²) < 4.78 is 3.97. The Kier molecular flexibility index (Phi) is 5.95. The monoisotopic (exact) mass is 456 g/mol.